The minimum Gasteiger partial charge on any atom is -0.397 e. The van der Waals surface area contributed by atoms with Crippen LogP contribution in [0.1, 0.15) is 0 Å². The van der Waals surface area contributed by atoms with E-state index in [9.17, 15) is 8.78 Å². The molecule has 2 rings (SSSR count). The van der Waals surface area contributed by atoms with E-state index in [1.54, 1.807) is 18.2 Å². The molecule has 20 heavy (non-hydrogen) atoms. The third kappa shape index (κ3) is 3.40. The van der Waals surface area contributed by atoms with Gasteiger partial charge in [0.25, 0.3) is 6.43 Å². The zero-order chi connectivity index (χ0) is 14.5. The number of nitrogens with zero attached hydrogens (tertiary/aromatic N) is 4. The Morgan fingerprint density at radius 1 is 1.40 bits per heavy atom. The van der Waals surface area contributed by atoms with E-state index in [-0.39, 0.29) is 13.2 Å². The number of nitrogen functional groups attached to an aromatic ring is 1. The smallest absolute Gasteiger partial charge is 0.261 e. The maximum Gasteiger partial charge on any atom is 0.261 e. The number of rotatable bonds is 6. The molecule has 108 valence electrons. The van der Waals surface area contributed by atoms with Crippen molar-refractivity contribution in [3.63, 3.8) is 0 Å². The van der Waals surface area contributed by atoms with Gasteiger partial charge in [0.15, 0.2) is 5.82 Å². The van der Waals surface area contributed by atoms with Crippen LogP contribution in [0.15, 0.2) is 18.2 Å². The Labute approximate surface area is 118 Å². The van der Waals surface area contributed by atoms with E-state index in [2.05, 4.69) is 15.5 Å². The average molecular weight is 304 g/mol. The maximum atomic E-state index is 11.9. The lowest BCUT2D eigenvalue weighted by molar-refractivity contribution is 0.0140. The van der Waals surface area contributed by atoms with Gasteiger partial charge in [-0.3, -0.25) is 0 Å². The van der Waals surface area contributed by atoms with Gasteiger partial charge in [-0.05, 0) is 22.6 Å². The number of hydrogen-bond acceptors (Lipinski definition) is 5. The Morgan fingerprint density at radius 3 is 2.95 bits per heavy atom. The molecule has 6 nitrogen and oxygen atoms in total. The molecule has 2 N–H and O–H groups in total. The van der Waals surface area contributed by atoms with Gasteiger partial charge in [0.2, 0.25) is 0 Å². The number of benzene rings is 1. The lowest BCUT2D eigenvalue weighted by Gasteiger charge is -2.08. The summed E-state index contributed by atoms with van der Waals surface area (Å²) in [7, 11) is 0. The fraction of sp³-hybridized carbons (Fsp3) is 0.364. The molecule has 0 aliphatic heterocycles. The molecule has 1 heterocycles. The minimum absolute atomic E-state index is 0.0723. The third-order valence-corrected chi connectivity index (χ3v) is 2.85. The second kappa shape index (κ2) is 6.58. The fourth-order valence-corrected chi connectivity index (χ4v) is 1.78. The van der Waals surface area contributed by atoms with E-state index in [1.807, 2.05) is 0 Å². The third-order valence-electron chi connectivity index (χ3n) is 2.52. The molecule has 0 spiro atoms. The Bertz CT molecular complexity index is 578. The monoisotopic (exact) mass is 303 g/mol. The first kappa shape index (κ1) is 14.6. The number of ether oxygens (including phenoxy) is 1. The first-order valence-electron chi connectivity index (χ1n) is 5.76. The van der Waals surface area contributed by atoms with Gasteiger partial charge < -0.3 is 10.5 Å². The first-order chi connectivity index (χ1) is 9.59. The highest BCUT2D eigenvalue weighted by atomic mass is 35.5. The van der Waals surface area contributed by atoms with Crippen LogP contribution < -0.4 is 5.73 Å². The predicted molar refractivity (Wildman–Crippen MR) is 69.5 cm³/mol. The molecule has 9 heteroatoms. The zero-order valence-corrected chi connectivity index (χ0v) is 11.1. The summed E-state index contributed by atoms with van der Waals surface area (Å²) in [5, 5.41) is 11.6. The van der Waals surface area contributed by atoms with Gasteiger partial charge >= 0.3 is 0 Å². The van der Waals surface area contributed by atoms with Gasteiger partial charge in [-0.25, -0.2) is 13.5 Å². The lowest BCUT2D eigenvalue weighted by Crippen LogP contribution is -2.13. The predicted octanol–water partition coefficient (Wildman–Crippen LogP) is 1.86. The van der Waals surface area contributed by atoms with E-state index < -0.39 is 13.0 Å². The topological polar surface area (TPSA) is 78.9 Å². The molecule has 0 bridgehead atoms. The van der Waals surface area contributed by atoms with Crippen LogP contribution in [0, 0.1) is 0 Å². The molecule has 0 amide bonds. The van der Waals surface area contributed by atoms with Gasteiger partial charge in [0.05, 0.1) is 23.9 Å². The van der Waals surface area contributed by atoms with Crippen LogP contribution in [0.3, 0.4) is 0 Å². The quantitative estimate of drug-likeness (QED) is 0.651. The largest absolute Gasteiger partial charge is 0.397 e. The molecule has 0 unspecified atom stereocenters. The summed E-state index contributed by atoms with van der Waals surface area (Å²) in [6.45, 7) is -0.305. The molecular formula is C11H12ClF2N5O. The van der Waals surface area contributed by atoms with Crippen molar-refractivity contribution in [3.05, 3.63) is 23.2 Å². The van der Waals surface area contributed by atoms with Gasteiger partial charge in [-0.15, -0.1) is 5.10 Å². The van der Waals surface area contributed by atoms with E-state index in [1.165, 1.54) is 4.68 Å². The molecule has 0 saturated carbocycles. The van der Waals surface area contributed by atoms with Crippen molar-refractivity contribution in [1.29, 1.82) is 0 Å². The molecule has 1 aromatic carbocycles. The fourth-order valence-electron chi connectivity index (χ4n) is 1.60. The highest BCUT2D eigenvalue weighted by Gasteiger charge is 2.13. The second-order valence-electron chi connectivity index (χ2n) is 3.89. The molecule has 0 atom stereocenters. The van der Waals surface area contributed by atoms with E-state index in [0.717, 1.165) is 0 Å². The van der Waals surface area contributed by atoms with Crippen molar-refractivity contribution in [1.82, 2.24) is 20.2 Å². The maximum absolute atomic E-state index is 11.9. The summed E-state index contributed by atoms with van der Waals surface area (Å²) in [6, 6.07) is 5.10. The number of halogens is 3. The van der Waals surface area contributed by atoms with Crippen molar-refractivity contribution in [2.24, 2.45) is 0 Å². The molecular weight excluding hydrogens is 292 g/mol. The van der Waals surface area contributed by atoms with Gasteiger partial charge in [-0.2, -0.15) is 0 Å². The van der Waals surface area contributed by atoms with Crippen molar-refractivity contribution in [2.45, 2.75) is 13.0 Å². The molecule has 0 aliphatic carbocycles. The number of para-hydroxylation sites is 1. The van der Waals surface area contributed by atoms with Crippen LogP contribution >= 0.6 is 11.6 Å². The molecule has 0 saturated heterocycles. The van der Waals surface area contributed by atoms with Gasteiger partial charge in [0.1, 0.15) is 6.61 Å². The Kier molecular flexibility index (Phi) is 4.80. The number of aromatic nitrogens is 4. The number of alkyl halides is 2. The molecule has 0 fully saturated rings. The van der Waals surface area contributed by atoms with Crippen molar-refractivity contribution < 1.29 is 13.5 Å². The van der Waals surface area contributed by atoms with Crippen molar-refractivity contribution >= 4 is 17.3 Å². The summed E-state index contributed by atoms with van der Waals surface area (Å²) < 4.78 is 30.1. The van der Waals surface area contributed by atoms with E-state index in [4.69, 9.17) is 22.1 Å². The van der Waals surface area contributed by atoms with Crippen LogP contribution in [0.2, 0.25) is 5.02 Å². The number of nitrogens with two attached hydrogens (primary N) is 1. The van der Waals surface area contributed by atoms with Crippen LogP contribution in [0.4, 0.5) is 14.5 Å². The molecule has 2 aromatic rings. The molecule has 0 radical (unpaired) electrons. The standard InChI is InChI=1S/C11H12ClF2N5O/c12-8-3-1-2-7(10(8)15)11-16-17-18-19(11)4-5-20-6-9(13)14/h1-3,9H,4-6,15H2. The zero-order valence-electron chi connectivity index (χ0n) is 10.3. The van der Waals surface area contributed by atoms with Crippen molar-refractivity contribution in [3.8, 4) is 11.4 Å². The summed E-state index contributed by atoms with van der Waals surface area (Å²) in [5.41, 5.74) is 6.81. The summed E-state index contributed by atoms with van der Waals surface area (Å²) in [6.07, 6.45) is -2.49. The van der Waals surface area contributed by atoms with Crippen LogP contribution in [-0.2, 0) is 11.3 Å². The Hall–Kier alpha value is -1.80. The van der Waals surface area contributed by atoms with Crippen LogP contribution in [-0.4, -0.2) is 39.8 Å². The normalized spacial score (nSPS) is 11.2. The number of tetrazole rings is 1. The van der Waals surface area contributed by atoms with Gasteiger partial charge in [-0.1, -0.05) is 17.7 Å². The lowest BCUT2D eigenvalue weighted by atomic mass is 10.1. The van der Waals surface area contributed by atoms with Crippen molar-refractivity contribution in [2.75, 3.05) is 18.9 Å². The Morgan fingerprint density at radius 2 is 2.20 bits per heavy atom. The highest BCUT2D eigenvalue weighted by molar-refractivity contribution is 6.33. The van der Waals surface area contributed by atoms with Crippen LogP contribution in [0.25, 0.3) is 11.4 Å². The molecule has 0 aliphatic rings. The average Bonchev–Trinajstić information content (AvgIpc) is 2.86. The first-order valence-corrected chi connectivity index (χ1v) is 6.14. The highest BCUT2D eigenvalue weighted by Crippen LogP contribution is 2.29. The Balaban J connectivity index is 2.10. The number of anilines is 1. The van der Waals surface area contributed by atoms with E-state index >= 15 is 0 Å². The second-order valence-corrected chi connectivity index (χ2v) is 4.30. The minimum atomic E-state index is -2.49. The van der Waals surface area contributed by atoms with Crippen LogP contribution in [0.5, 0.6) is 0 Å². The summed E-state index contributed by atoms with van der Waals surface area (Å²) >= 11 is 5.93. The van der Waals surface area contributed by atoms with E-state index in [0.29, 0.717) is 22.1 Å². The van der Waals surface area contributed by atoms with Gasteiger partial charge in [0, 0.05) is 5.56 Å². The SMILES string of the molecule is Nc1c(Cl)cccc1-c1nnnn1CCOCC(F)F. The summed E-state index contributed by atoms with van der Waals surface area (Å²) in [5.74, 6) is 0.408. The summed E-state index contributed by atoms with van der Waals surface area (Å²) in [4.78, 5) is 0. The number of hydrogen-bond donors (Lipinski definition) is 1. The molecule has 1 aromatic heterocycles.